The Morgan fingerprint density at radius 3 is 2.93 bits per heavy atom. The second-order valence-corrected chi connectivity index (χ2v) is 2.57. The first-order chi connectivity index (χ1) is 7.15. The maximum absolute atomic E-state index is 11.0. The van der Waals surface area contributed by atoms with Crippen molar-refractivity contribution in [2.24, 2.45) is 0 Å². The number of anilines is 1. The summed E-state index contributed by atoms with van der Waals surface area (Å²) < 4.78 is 4.61. The highest BCUT2D eigenvalue weighted by Crippen LogP contribution is 2.13. The monoisotopic (exact) mass is 210 g/mol. The molecule has 0 unspecified atom stereocenters. The zero-order chi connectivity index (χ0) is 11.3. The number of carboxylic acid groups (broad SMARTS) is 1. The summed E-state index contributed by atoms with van der Waals surface area (Å²) in [5.74, 6) is -1.14. The van der Waals surface area contributed by atoms with E-state index >= 15 is 0 Å². The number of rotatable bonds is 3. The van der Waals surface area contributed by atoms with Crippen LogP contribution < -0.4 is 5.32 Å². The summed E-state index contributed by atoms with van der Waals surface area (Å²) in [5, 5.41) is 11.1. The minimum Gasteiger partial charge on any atom is -0.478 e. The van der Waals surface area contributed by atoms with Gasteiger partial charge in [0.1, 0.15) is 0 Å². The Labute approximate surface area is 85.9 Å². The third-order valence-electron chi connectivity index (χ3n) is 1.56. The molecule has 6 nitrogen and oxygen atoms in total. The molecular weight excluding hydrogens is 200 g/mol. The quantitative estimate of drug-likeness (QED) is 0.786. The second kappa shape index (κ2) is 4.94. The van der Waals surface area contributed by atoms with Crippen LogP contribution in [0.3, 0.4) is 0 Å². The molecule has 1 amide bonds. The van der Waals surface area contributed by atoms with Gasteiger partial charge in [-0.1, -0.05) is 0 Å². The van der Waals surface area contributed by atoms with E-state index in [1.165, 1.54) is 18.5 Å². The number of nitrogens with one attached hydrogen (secondary N) is 1. The van der Waals surface area contributed by atoms with E-state index in [9.17, 15) is 9.59 Å². The minimum atomic E-state index is -1.14. The van der Waals surface area contributed by atoms with Crippen LogP contribution in [0, 0.1) is 0 Å². The van der Waals surface area contributed by atoms with Crippen LogP contribution >= 0.6 is 0 Å². The van der Waals surface area contributed by atoms with Crippen LogP contribution in [-0.4, -0.2) is 28.8 Å². The Morgan fingerprint density at radius 1 is 1.60 bits per heavy atom. The molecular formula is C9H10N2O4. The Kier molecular flexibility index (Phi) is 3.61. The van der Waals surface area contributed by atoms with Gasteiger partial charge in [-0.3, -0.25) is 10.3 Å². The lowest BCUT2D eigenvalue weighted by Gasteiger charge is -2.06. The minimum absolute atomic E-state index is 0.0296. The van der Waals surface area contributed by atoms with Crippen LogP contribution in [0.5, 0.6) is 0 Å². The smallest absolute Gasteiger partial charge is 0.411 e. The second-order valence-electron chi connectivity index (χ2n) is 2.57. The first-order valence-corrected chi connectivity index (χ1v) is 4.26. The van der Waals surface area contributed by atoms with Gasteiger partial charge in [-0.15, -0.1) is 0 Å². The molecule has 1 heterocycles. The molecule has 6 heteroatoms. The Morgan fingerprint density at radius 2 is 2.33 bits per heavy atom. The van der Waals surface area contributed by atoms with Crippen LogP contribution in [0.4, 0.5) is 10.5 Å². The number of ether oxygens (including phenoxy) is 1. The van der Waals surface area contributed by atoms with Crippen LogP contribution in [0.2, 0.25) is 0 Å². The molecule has 1 aromatic heterocycles. The molecule has 0 aliphatic heterocycles. The Hall–Kier alpha value is -2.11. The maximum Gasteiger partial charge on any atom is 0.411 e. The molecule has 0 spiro atoms. The van der Waals surface area contributed by atoms with Gasteiger partial charge in [0.2, 0.25) is 0 Å². The zero-order valence-electron chi connectivity index (χ0n) is 8.06. The number of hydrogen-bond donors (Lipinski definition) is 2. The molecule has 80 valence electrons. The van der Waals surface area contributed by atoms with E-state index < -0.39 is 12.1 Å². The lowest BCUT2D eigenvalue weighted by molar-refractivity contribution is 0.0698. The van der Waals surface area contributed by atoms with Gasteiger partial charge in [0.25, 0.3) is 0 Å². The van der Waals surface area contributed by atoms with Crippen molar-refractivity contribution in [1.82, 2.24) is 4.98 Å². The van der Waals surface area contributed by atoms with E-state index in [1.54, 1.807) is 6.92 Å². The number of pyridine rings is 1. The van der Waals surface area contributed by atoms with Gasteiger partial charge >= 0.3 is 12.1 Å². The van der Waals surface area contributed by atoms with Gasteiger partial charge in [-0.2, -0.15) is 0 Å². The summed E-state index contributed by atoms with van der Waals surface area (Å²) in [7, 11) is 0. The van der Waals surface area contributed by atoms with Crippen molar-refractivity contribution < 1.29 is 19.4 Å². The van der Waals surface area contributed by atoms with Gasteiger partial charge in [0.15, 0.2) is 0 Å². The average Bonchev–Trinajstić information content (AvgIpc) is 2.18. The largest absolute Gasteiger partial charge is 0.478 e. The number of hydrogen-bond acceptors (Lipinski definition) is 4. The molecule has 15 heavy (non-hydrogen) atoms. The molecule has 2 N–H and O–H groups in total. The molecule has 0 fully saturated rings. The van der Waals surface area contributed by atoms with Crippen molar-refractivity contribution in [3.8, 4) is 0 Å². The van der Waals surface area contributed by atoms with Crippen molar-refractivity contribution in [2.75, 3.05) is 11.9 Å². The van der Waals surface area contributed by atoms with E-state index in [-0.39, 0.29) is 17.9 Å². The van der Waals surface area contributed by atoms with Gasteiger partial charge in [0, 0.05) is 6.20 Å². The van der Waals surface area contributed by atoms with Crippen molar-refractivity contribution >= 4 is 17.7 Å². The molecule has 1 aromatic rings. The summed E-state index contributed by atoms with van der Waals surface area (Å²) in [6.07, 6.45) is 1.88. The van der Waals surface area contributed by atoms with E-state index in [0.29, 0.717) is 0 Å². The van der Waals surface area contributed by atoms with Crippen molar-refractivity contribution in [2.45, 2.75) is 6.92 Å². The van der Waals surface area contributed by atoms with Crippen LogP contribution in [0.15, 0.2) is 18.5 Å². The molecule has 0 radical (unpaired) electrons. The normalized spacial score (nSPS) is 9.40. The number of aromatic nitrogens is 1. The number of nitrogens with zero attached hydrogens (tertiary/aromatic N) is 1. The molecule has 0 saturated heterocycles. The predicted molar refractivity (Wildman–Crippen MR) is 51.8 cm³/mol. The van der Waals surface area contributed by atoms with Crippen molar-refractivity contribution in [3.05, 3.63) is 24.0 Å². The highest BCUT2D eigenvalue weighted by molar-refractivity contribution is 5.98. The predicted octanol–water partition coefficient (Wildman–Crippen LogP) is 1.35. The summed E-state index contributed by atoms with van der Waals surface area (Å²) in [4.78, 5) is 25.5. The topological polar surface area (TPSA) is 88.5 Å². The zero-order valence-corrected chi connectivity index (χ0v) is 8.06. The first kappa shape index (κ1) is 11.0. The lowest BCUT2D eigenvalue weighted by Crippen LogP contribution is -2.16. The van der Waals surface area contributed by atoms with Crippen molar-refractivity contribution in [3.63, 3.8) is 0 Å². The Bertz CT molecular complexity index is 378. The molecule has 1 rings (SSSR count). The van der Waals surface area contributed by atoms with Crippen LogP contribution in [-0.2, 0) is 4.74 Å². The van der Waals surface area contributed by atoms with E-state index in [4.69, 9.17) is 5.11 Å². The SMILES string of the molecule is CCOC(=O)Nc1cnccc1C(=O)O. The number of carboxylic acids is 1. The summed E-state index contributed by atoms with van der Waals surface area (Å²) in [6, 6.07) is 1.30. The lowest BCUT2D eigenvalue weighted by atomic mass is 10.2. The third kappa shape index (κ3) is 2.94. The van der Waals surface area contributed by atoms with Crippen LogP contribution in [0.1, 0.15) is 17.3 Å². The number of carbonyl (C=O) groups is 2. The van der Waals surface area contributed by atoms with Crippen molar-refractivity contribution in [1.29, 1.82) is 0 Å². The van der Waals surface area contributed by atoms with Gasteiger partial charge < -0.3 is 9.84 Å². The summed E-state index contributed by atoms with van der Waals surface area (Å²) in [5.41, 5.74) is 0.0847. The third-order valence-corrected chi connectivity index (χ3v) is 1.56. The van der Waals surface area contributed by atoms with E-state index in [1.807, 2.05) is 0 Å². The fourth-order valence-electron chi connectivity index (χ4n) is 0.958. The number of aromatic carboxylic acids is 1. The summed E-state index contributed by atoms with van der Waals surface area (Å²) >= 11 is 0. The molecule has 0 atom stereocenters. The highest BCUT2D eigenvalue weighted by Gasteiger charge is 2.12. The molecule has 0 aliphatic rings. The summed E-state index contributed by atoms with van der Waals surface area (Å²) in [6.45, 7) is 1.87. The van der Waals surface area contributed by atoms with Gasteiger partial charge in [-0.05, 0) is 13.0 Å². The van der Waals surface area contributed by atoms with E-state index in [0.717, 1.165) is 0 Å². The molecule has 0 bridgehead atoms. The highest BCUT2D eigenvalue weighted by atomic mass is 16.5. The average molecular weight is 210 g/mol. The molecule has 0 saturated carbocycles. The standard InChI is InChI=1S/C9H10N2O4/c1-2-15-9(14)11-7-5-10-4-3-6(7)8(12)13/h3-5H,2H2,1H3,(H,11,14)(H,12,13). The van der Waals surface area contributed by atoms with Gasteiger partial charge in [0.05, 0.1) is 24.1 Å². The first-order valence-electron chi connectivity index (χ1n) is 4.26. The van der Waals surface area contributed by atoms with E-state index in [2.05, 4.69) is 15.0 Å². The molecule has 0 aromatic carbocycles. The fraction of sp³-hybridized carbons (Fsp3) is 0.222. The fourth-order valence-corrected chi connectivity index (χ4v) is 0.958. The van der Waals surface area contributed by atoms with Crippen LogP contribution in [0.25, 0.3) is 0 Å². The number of amides is 1. The maximum atomic E-state index is 11.0. The Balaban J connectivity index is 2.84. The number of carbonyl (C=O) groups excluding carboxylic acids is 1. The van der Waals surface area contributed by atoms with Gasteiger partial charge in [-0.25, -0.2) is 9.59 Å². The molecule has 0 aliphatic carbocycles.